The van der Waals surface area contributed by atoms with Crippen molar-refractivity contribution in [2.24, 2.45) is 0 Å². The van der Waals surface area contributed by atoms with Crippen molar-refractivity contribution in [1.82, 2.24) is 5.32 Å². The highest BCUT2D eigenvalue weighted by molar-refractivity contribution is 7.92. The minimum Gasteiger partial charge on any atom is -0.355 e. The van der Waals surface area contributed by atoms with E-state index in [2.05, 4.69) is 10.0 Å². The van der Waals surface area contributed by atoms with Crippen LogP contribution in [0.5, 0.6) is 0 Å². The molecule has 5 nitrogen and oxygen atoms in total. The molecule has 0 aliphatic heterocycles. The van der Waals surface area contributed by atoms with Gasteiger partial charge in [0.25, 0.3) is 15.9 Å². The van der Waals surface area contributed by atoms with Gasteiger partial charge in [0.2, 0.25) is 0 Å². The van der Waals surface area contributed by atoms with Gasteiger partial charge in [-0.25, -0.2) is 8.42 Å². The van der Waals surface area contributed by atoms with Gasteiger partial charge in [0.15, 0.2) is 0 Å². The van der Waals surface area contributed by atoms with E-state index in [9.17, 15) is 13.2 Å². The molecule has 3 aromatic carbocycles. The van der Waals surface area contributed by atoms with Crippen LogP contribution in [0.25, 0.3) is 10.8 Å². The van der Waals surface area contributed by atoms with Crippen LogP contribution < -0.4 is 10.0 Å². The Morgan fingerprint density at radius 3 is 2.29 bits per heavy atom. The summed E-state index contributed by atoms with van der Waals surface area (Å²) >= 11 is 0. The average molecular weight is 340 g/mol. The molecular formula is C18H16N2O3S. The fraction of sp³-hybridized carbons (Fsp3) is 0.0556. The van der Waals surface area contributed by atoms with Crippen LogP contribution in [0.4, 0.5) is 5.69 Å². The van der Waals surface area contributed by atoms with Crippen molar-refractivity contribution in [3.05, 3.63) is 72.3 Å². The standard InChI is InChI=1S/C18H16N2O3S/c1-19-18(21)16-8-4-5-9-17(16)20-24(22,23)15-11-10-13-6-2-3-7-14(13)12-15/h2-12,20H,1H3,(H,19,21). The molecule has 6 heteroatoms. The summed E-state index contributed by atoms with van der Waals surface area (Å²) in [5.41, 5.74) is 0.509. The second-order valence-electron chi connectivity index (χ2n) is 5.24. The number of anilines is 1. The molecule has 0 aliphatic rings. The summed E-state index contributed by atoms with van der Waals surface area (Å²) in [7, 11) is -2.30. The number of rotatable bonds is 4. The van der Waals surface area contributed by atoms with Crippen LogP contribution in [-0.2, 0) is 10.0 Å². The lowest BCUT2D eigenvalue weighted by Gasteiger charge is -2.12. The van der Waals surface area contributed by atoms with Crippen molar-refractivity contribution < 1.29 is 13.2 Å². The van der Waals surface area contributed by atoms with E-state index in [0.29, 0.717) is 0 Å². The number of fused-ring (bicyclic) bond motifs is 1. The fourth-order valence-electron chi connectivity index (χ4n) is 2.44. The summed E-state index contributed by atoms with van der Waals surface area (Å²) in [5.74, 6) is -0.355. The first kappa shape index (κ1) is 16.0. The third-order valence-corrected chi connectivity index (χ3v) is 5.04. The lowest BCUT2D eigenvalue weighted by atomic mass is 10.1. The number of nitrogens with one attached hydrogen (secondary N) is 2. The summed E-state index contributed by atoms with van der Waals surface area (Å²) in [5, 5.41) is 4.29. The van der Waals surface area contributed by atoms with E-state index in [0.717, 1.165) is 10.8 Å². The van der Waals surface area contributed by atoms with Crippen LogP contribution in [0.1, 0.15) is 10.4 Å². The Morgan fingerprint density at radius 2 is 1.54 bits per heavy atom. The van der Waals surface area contributed by atoms with E-state index in [-0.39, 0.29) is 22.1 Å². The van der Waals surface area contributed by atoms with E-state index in [4.69, 9.17) is 0 Å². The molecule has 0 saturated carbocycles. The predicted molar refractivity (Wildman–Crippen MR) is 94.6 cm³/mol. The van der Waals surface area contributed by atoms with Crippen molar-refractivity contribution in [2.75, 3.05) is 11.8 Å². The topological polar surface area (TPSA) is 75.3 Å². The van der Waals surface area contributed by atoms with Gasteiger partial charge in [-0.1, -0.05) is 42.5 Å². The second-order valence-corrected chi connectivity index (χ2v) is 6.92. The number of para-hydroxylation sites is 1. The highest BCUT2D eigenvalue weighted by Gasteiger charge is 2.18. The molecule has 0 spiro atoms. The second kappa shape index (κ2) is 6.33. The molecule has 0 radical (unpaired) electrons. The van der Waals surface area contributed by atoms with Crippen molar-refractivity contribution >= 4 is 32.4 Å². The summed E-state index contributed by atoms with van der Waals surface area (Å²) in [6.45, 7) is 0. The van der Waals surface area contributed by atoms with Crippen LogP contribution in [0.2, 0.25) is 0 Å². The first-order valence-electron chi connectivity index (χ1n) is 7.34. The number of hydrogen-bond acceptors (Lipinski definition) is 3. The maximum atomic E-state index is 12.7. The lowest BCUT2D eigenvalue weighted by Crippen LogP contribution is -2.21. The minimum atomic E-state index is -3.80. The molecule has 0 aliphatic carbocycles. The fourth-order valence-corrected chi connectivity index (χ4v) is 3.56. The monoisotopic (exact) mass is 340 g/mol. The molecule has 0 saturated heterocycles. The van der Waals surface area contributed by atoms with Crippen LogP contribution in [0.3, 0.4) is 0 Å². The lowest BCUT2D eigenvalue weighted by molar-refractivity contribution is 0.0964. The van der Waals surface area contributed by atoms with Gasteiger partial charge in [0.05, 0.1) is 16.1 Å². The van der Waals surface area contributed by atoms with Crippen molar-refractivity contribution in [1.29, 1.82) is 0 Å². The first-order valence-corrected chi connectivity index (χ1v) is 8.82. The molecule has 0 fully saturated rings. The van der Waals surface area contributed by atoms with Gasteiger partial charge in [-0.3, -0.25) is 9.52 Å². The molecule has 24 heavy (non-hydrogen) atoms. The van der Waals surface area contributed by atoms with E-state index in [1.165, 1.54) is 7.05 Å². The summed E-state index contributed by atoms with van der Waals surface area (Å²) in [6, 6.07) is 18.9. The Morgan fingerprint density at radius 1 is 0.875 bits per heavy atom. The molecule has 1 amide bonds. The van der Waals surface area contributed by atoms with Gasteiger partial charge in [0.1, 0.15) is 0 Å². The maximum Gasteiger partial charge on any atom is 0.261 e. The Kier molecular flexibility index (Phi) is 4.22. The van der Waals surface area contributed by atoms with Crippen LogP contribution in [0.15, 0.2) is 71.6 Å². The number of amides is 1. The van der Waals surface area contributed by atoms with Gasteiger partial charge in [-0.15, -0.1) is 0 Å². The minimum absolute atomic E-state index is 0.146. The molecule has 0 aromatic heterocycles. The van der Waals surface area contributed by atoms with E-state index >= 15 is 0 Å². The van der Waals surface area contributed by atoms with Gasteiger partial charge in [0, 0.05) is 7.05 Å². The summed E-state index contributed by atoms with van der Waals surface area (Å²) in [6.07, 6.45) is 0. The van der Waals surface area contributed by atoms with Gasteiger partial charge in [-0.2, -0.15) is 0 Å². The van der Waals surface area contributed by atoms with Crippen molar-refractivity contribution in [3.63, 3.8) is 0 Å². The Hall–Kier alpha value is -2.86. The molecular weight excluding hydrogens is 324 g/mol. The maximum absolute atomic E-state index is 12.7. The average Bonchev–Trinajstić information content (AvgIpc) is 2.60. The molecule has 0 unspecified atom stereocenters. The molecule has 0 bridgehead atoms. The zero-order valence-electron chi connectivity index (χ0n) is 13.0. The van der Waals surface area contributed by atoms with Crippen LogP contribution in [0, 0.1) is 0 Å². The molecule has 0 atom stereocenters. The number of carbonyl (C=O) groups excluding carboxylic acids is 1. The Balaban J connectivity index is 2.01. The predicted octanol–water partition coefficient (Wildman–Crippen LogP) is 3.00. The zero-order valence-corrected chi connectivity index (χ0v) is 13.8. The molecule has 3 aromatic rings. The van der Waals surface area contributed by atoms with Crippen molar-refractivity contribution in [2.45, 2.75) is 4.90 Å². The summed E-state index contributed by atoms with van der Waals surface area (Å²) in [4.78, 5) is 12.0. The highest BCUT2D eigenvalue weighted by Crippen LogP contribution is 2.23. The normalized spacial score (nSPS) is 11.2. The van der Waals surface area contributed by atoms with Crippen LogP contribution in [-0.4, -0.2) is 21.4 Å². The van der Waals surface area contributed by atoms with E-state index < -0.39 is 10.0 Å². The molecule has 3 rings (SSSR count). The summed E-state index contributed by atoms with van der Waals surface area (Å²) < 4.78 is 27.8. The Labute approximate surface area is 140 Å². The number of benzene rings is 3. The number of sulfonamides is 1. The first-order chi connectivity index (χ1) is 11.5. The van der Waals surface area contributed by atoms with E-state index in [1.54, 1.807) is 42.5 Å². The number of hydrogen-bond donors (Lipinski definition) is 2. The molecule has 122 valence electrons. The molecule has 0 heterocycles. The van der Waals surface area contributed by atoms with Crippen molar-refractivity contribution in [3.8, 4) is 0 Å². The van der Waals surface area contributed by atoms with Gasteiger partial charge in [-0.05, 0) is 35.0 Å². The Bertz CT molecular complexity index is 1010. The quantitative estimate of drug-likeness (QED) is 0.767. The van der Waals surface area contributed by atoms with Gasteiger partial charge < -0.3 is 5.32 Å². The SMILES string of the molecule is CNC(=O)c1ccccc1NS(=O)(=O)c1ccc2ccccc2c1. The van der Waals surface area contributed by atoms with Crippen LogP contribution >= 0.6 is 0 Å². The molecule has 2 N–H and O–H groups in total. The highest BCUT2D eigenvalue weighted by atomic mass is 32.2. The smallest absolute Gasteiger partial charge is 0.261 e. The van der Waals surface area contributed by atoms with E-state index in [1.807, 2.05) is 24.3 Å². The largest absolute Gasteiger partial charge is 0.355 e. The number of carbonyl (C=O) groups is 1. The zero-order chi connectivity index (χ0) is 17.2. The van der Waals surface area contributed by atoms with Gasteiger partial charge >= 0.3 is 0 Å². The third-order valence-electron chi connectivity index (χ3n) is 3.67. The third kappa shape index (κ3) is 3.09.